The molecule has 1 aliphatic rings. The van der Waals surface area contributed by atoms with Gasteiger partial charge in [-0.1, -0.05) is 28.9 Å². The largest absolute Gasteiger partial charge is 0.296 e. The van der Waals surface area contributed by atoms with Crippen LogP contribution in [0, 0.1) is 12.8 Å². The summed E-state index contributed by atoms with van der Waals surface area (Å²) in [6.07, 6.45) is 1.88. The third kappa shape index (κ3) is 2.58. The maximum Gasteiger partial charge on any atom is 0.0573 e. The molecule has 0 aromatic carbocycles. The lowest BCUT2D eigenvalue weighted by atomic mass is 10.2. The monoisotopic (exact) mass is 268 g/mol. The number of nitrogens with zero attached hydrogens (tertiary/aromatic N) is 2. The van der Waals surface area contributed by atoms with E-state index in [1.165, 1.54) is 17.8 Å². The molecular weight excluding hydrogens is 252 g/mol. The Morgan fingerprint density at radius 3 is 2.93 bits per heavy atom. The van der Waals surface area contributed by atoms with E-state index in [1.807, 2.05) is 12.3 Å². The molecule has 82 valence electrons. The van der Waals surface area contributed by atoms with Gasteiger partial charge in [-0.15, -0.1) is 0 Å². The Morgan fingerprint density at radius 2 is 2.33 bits per heavy atom. The summed E-state index contributed by atoms with van der Waals surface area (Å²) < 4.78 is 0. The van der Waals surface area contributed by atoms with Crippen molar-refractivity contribution in [1.29, 1.82) is 0 Å². The fourth-order valence-corrected chi connectivity index (χ4v) is 2.62. The molecule has 1 saturated heterocycles. The molecule has 0 bridgehead atoms. The average molecular weight is 269 g/mol. The highest BCUT2D eigenvalue weighted by molar-refractivity contribution is 9.09. The van der Waals surface area contributed by atoms with Crippen LogP contribution < -0.4 is 0 Å². The molecule has 0 amide bonds. The van der Waals surface area contributed by atoms with Crippen molar-refractivity contribution in [1.82, 2.24) is 9.88 Å². The Morgan fingerprint density at radius 1 is 1.53 bits per heavy atom. The van der Waals surface area contributed by atoms with Gasteiger partial charge in [0, 0.05) is 30.7 Å². The van der Waals surface area contributed by atoms with E-state index in [4.69, 9.17) is 0 Å². The number of pyridine rings is 1. The molecule has 1 aromatic rings. The van der Waals surface area contributed by atoms with Crippen LogP contribution in [0.4, 0.5) is 0 Å². The van der Waals surface area contributed by atoms with Crippen molar-refractivity contribution in [3.63, 3.8) is 0 Å². The van der Waals surface area contributed by atoms with Crippen LogP contribution in [0.5, 0.6) is 0 Å². The van der Waals surface area contributed by atoms with E-state index in [1.54, 1.807) is 0 Å². The summed E-state index contributed by atoms with van der Waals surface area (Å²) in [4.78, 5) is 7.55. The van der Waals surface area contributed by atoms with Crippen LogP contribution in [0.2, 0.25) is 0 Å². The zero-order valence-corrected chi connectivity index (χ0v) is 10.9. The average Bonchev–Trinajstić information content (AvgIpc) is 2.50. The molecule has 1 aliphatic heterocycles. The standard InChI is InChI=1S/C12H17BrN2/c1-9-4-3-5-14-12(9)8-15-6-10(2)11(13)7-15/h3-5,10-11H,6-8H2,1-2H3. The minimum Gasteiger partial charge on any atom is -0.296 e. The minimum atomic E-state index is 0.640. The molecule has 0 saturated carbocycles. The summed E-state index contributed by atoms with van der Waals surface area (Å²) in [6, 6.07) is 4.13. The van der Waals surface area contributed by atoms with Gasteiger partial charge in [-0.3, -0.25) is 9.88 Å². The van der Waals surface area contributed by atoms with Gasteiger partial charge in [-0.25, -0.2) is 0 Å². The summed E-state index contributed by atoms with van der Waals surface area (Å²) in [5.41, 5.74) is 2.51. The van der Waals surface area contributed by atoms with E-state index < -0.39 is 0 Å². The molecule has 2 unspecified atom stereocenters. The van der Waals surface area contributed by atoms with Gasteiger partial charge >= 0.3 is 0 Å². The second-order valence-electron chi connectivity index (χ2n) is 4.45. The number of halogens is 1. The maximum atomic E-state index is 4.43. The van der Waals surface area contributed by atoms with Crippen molar-refractivity contribution in [3.05, 3.63) is 29.6 Å². The van der Waals surface area contributed by atoms with Gasteiger partial charge in [0.05, 0.1) is 5.69 Å². The Bertz CT molecular complexity index is 330. The van der Waals surface area contributed by atoms with Gasteiger partial charge in [0.2, 0.25) is 0 Å². The SMILES string of the molecule is Cc1cccnc1CN1CC(C)C(Br)C1. The number of likely N-dealkylation sites (tertiary alicyclic amines) is 1. The van der Waals surface area contributed by atoms with E-state index in [-0.39, 0.29) is 0 Å². The van der Waals surface area contributed by atoms with Crippen molar-refractivity contribution in [2.75, 3.05) is 13.1 Å². The molecule has 2 nitrogen and oxygen atoms in total. The zero-order chi connectivity index (χ0) is 10.8. The second kappa shape index (κ2) is 4.62. The van der Waals surface area contributed by atoms with E-state index in [0.29, 0.717) is 4.83 Å². The number of aryl methyl sites for hydroxylation is 1. The summed E-state index contributed by atoms with van der Waals surface area (Å²) >= 11 is 3.71. The van der Waals surface area contributed by atoms with Crippen molar-refractivity contribution < 1.29 is 0 Å². The molecule has 2 atom stereocenters. The number of rotatable bonds is 2. The molecule has 15 heavy (non-hydrogen) atoms. The molecule has 1 fully saturated rings. The topological polar surface area (TPSA) is 16.1 Å². The Balaban J connectivity index is 2.01. The van der Waals surface area contributed by atoms with Gasteiger partial charge in [0.1, 0.15) is 0 Å². The maximum absolute atomic E-state index is 4.43. The number of hydrogen-bond acceptors (Lipinski definition) is 2. The molecule has 1 aromatic heterocycles. The number of alkyl halides is 1. The molecular formula is C12H17BrN2. The minimum absolute atomic E-state index is 0.640. The fourth-order valence-electron chi connectivity index (χ4n) is 2.05. The van der Waals surface area contributed by atoms with E-state index in [9.17, 15) is 0 Å². The van der Waals surface area contributed by atoms with Crippen LogP contribution in [-0.4, -0.2) is 27.8 Å². The Hall–Kier alpha value is -0.410. The predicted molar refractivity (Wildman–Crippen MR) is 66.1 cm³/mol. The van der Waals surface area contributed by atoms with E-state index >= 15 is 0 Å². The van der Waals surface area contributed by atoms with Crippen LogP contribution in [0.25, 0.3) is 0 Å². The van der Waals surface area contributed by atoms with Gasteiger partial charge in [-0.2, -0.15) is 0 Å². The molecule has 2 rings (SSSR count). The molecule has 0 spiro atoms. The van der Waals surface area contributed by atoms with Gasteiger partial charge in [0.25, 0.3) is 0 Å². The third-order valence-electron chi connectivity index (χ3n) is 3.09. The molecule has 0 N–H and O–H groups in total. The fraction of sp³-hybridized carbons (Fsp3) is 0.583. The summed E-state index contributed by atoms with van der Waals surface area (Å²) in [7, 11) is 0. The van der Waals surface area contributed by atoms with Crippen molar-refractivity contribution in [3.8, 4) is 0 Å². The molecule has 3 heteroatoms. The first-order valence-corrected chi connectivity index (χ1v) is 6.35. The normalized spacial score (nSPS) is 27.1. The number of aromatic nitrogens is 1. The van der Waals surface area contributed by atoms with Gasteiger partial charge in [-0.05, 0) is 24.5 Å². The third-order valence-corrected chi connectivity index (χ3v) is 4.28. The smallest absolute Gasteiger partial charge is 0.0573 e. The van der Waals surface area contributed by atoms with Crippen molar-refractivity contribution in [2.45, 2.75) is 25.2 Å². The van der Waals surface area contributed by atoms with Crippen LogP contribution in [0.3, 0.4) is 0 Å². The first kappa shape index (κ1) is 11.1. The lowest BCUT2D eigenvalue weighted by Crippen LogP contribution is -2.21. The Kier molecular flexibility index (Phi) is 3.42. The highest BCUT2D eigenvalue weighted by Gasteiger charge is 2.27. The van der Waals surface area contributed by atoms with Crippen LogP contribution in [-0.2, 0) is 6.54 Å². The van der Waals surface area contributed by atoms with Crippen LogP contribution in [0.15, 0.2) is 18.3 Å². The number of hydrogen-bond donors (Lipinski definition) is 0. The quantitative estimate of drug-likeness (QED) is 0.767. The predicted octanol–water partition coefficient (Wildman–Crippen LogP) is 2.61. The van der Waals surface area contributed by atoms with E-state index in [2.05, 4.69) is 45.7 Å². The summed E-state index contributed by atoms with van der Waals surface area (Å²) in [6.45, 7) is 7.72. The highest BCUT2D eigenvalue weighted by Crippen LogP contribution is 2.24. The summed E-state index contributed by atoms with van der Waals surface area (Å²) in [5, 5.41) is 0. The van der Waals surface area contributed by atoms with Crippen LogP contribution >= 0.6 is 15.9 Å². The Labute approximate surface area is 99.8 Å². The molecule has 0 radical (unpaired) electrons. The van der Waals surface area contributed by atoms with Gasteiger partial charge < -0.3 is 0 Å². The van der Waals surface area contributed by atoms with Crippen molar-refractivity contribution >= 4 is 15.9 Å². The lowest BCUT2D eigenvalue weighted by Gasteiger charge is -2.15. The van der Waals surface area contributed by atoms with E-state index in [0.717, 1.165) is 19.0 Å². The lowest BCUT2D eigenvalue weighted by molar-refractivity contribution is 0.316. The molecule has 2 heterocycles. The van der Waals surface area contributed by atoms with Crippen molar-refractivity contribution in [2.24, 2.45) is 5.92 Å². The first-order chi connectivity index (χ1) is 7.16. The summed E-state index contributed by atoms with van der Waals surface area (Å²) in [5.74, 6) is 0.744. The second-order valence-corrected chi connectivity index (χ2v) is 5.63. The van der Waals surface area contributed by atoms with Gasteiger partial charge in [0.15, 0.2) is 0 Å². The highest BCUT2D eigenvalue weighted by atomic mass is 79.9. The zero-order valence-electron chi connectivity index (χ0n) is 9.28. The molecule has 0 aliphatic carbocycles. The first-order valence-electron chi connectivity index (χ1n) is 5.43. The van der Waals surface area contributed by atoms with Crippen LogP contribution in [0.1, 0.15) is 18.2 Å².